The summed E-state index contributed by atoms with van der Waals surface area (Å²) in [4.78, 5) is 9.00. The molecule has 0 aromatic carbocycles. The van der Waals surface area contributed by atoms with Crippen LogP contribution in [0.2, 0.25) is 0 Å². The van der Waals surface area contributed by atoms with Crippen molar-refractivity contribution in [2.45, 2.75) is 0 Å². The van der Waals surface area contributed by atoms with Gasteiger partial charge in [0.25, 0.3) is 0 Å². The Kier molecular flexibility index (Phi) is 9.43. The topological polar surface area (TPSA) is 150 Å². The van der Waals surface area contributed by atoms with Crippen molar-refractivity contribution in [3.63, 3.8) is 0 Å². The molecule has 0 atom stereocenters. The Morgan fingerprint density at radius 2 is 1.08 bits per heavy atom. The fourth-order valence-corrected chi connectivity index (χ4v) is 0.900. The van der Waals surface area contributed by atoms with Crippen LogP contribution in [0.5, 0.6) is 0 Å². The molecule has 0 aromatic rings. The first kappa shape index (κ1) is 15.0. The van der Waals surface area contributed by atoms with E-state index in [4.69, 9.17) is 25.2 Å². The molecule has 0 saturated carbocycles. The van der Waals surface area contributed by atoms with Gasteiger partial charge in [-0.15, -0.1) is 0 Å². The molecule has 0 aliphatic rings. The first-order chi connectivity index (χ1) is 5.97. The summed E-state index contributed by atoms with van der Waals surface area (Å²) in [6.45, 7) is 0. The van der Waals surface area contributed by atoms with Gasteiger partial charge in [-0.2, -0.15) is 0 Å². The van der Waals surface area contributed by atoms with Gasteiger partial charge in [0, 0.05) is 0 Å². The number of primary amides is 2. The molecule has 0 aliphatic carbocycles. The van der Waals surface area contributed by atoms with Crippen LogP contribution in [0.15, 0.2) is 0 Å². The fraction of sp³-hybridized carbons (Fsp3) is 0.800. The molecule has 8 N–H and O–H groups in total. The number of aliphatic hydroxyl groups is 4. The Balaban J connectivity index is 0. The normalized spacial score (nSPS) is 11.4. The van der Waals surface area contributed by atoms with Gasteiger partial charge in [0.15, 0.2) is 0 Å². The van der Waals surface area contributed by atoms with Crippen molar-refractivity contribution < 1.29 is 25.2 Å². The van der Waals surface area contributed by atoms with E-state index >= 15 is 0 Å². The molecule has 0 bridgehead atoms. The Hall–Kier alpha value is -0.460. The zero-order chi connectivity index (χ0) is 10.9. The SMILES string of the molecule is NC(N)=O.OC[PH](CO)(CO)CO. The van der Waals surface area contributed by atoms with Crippen LogP contribution in [-0.2, 0) is 0 Å². The van der Waals surface area contributed by atoms with E-state index in [2.05, 4.69) is 11.5 Å². The van der Waals surface area contributed by atoms with Crippen LogP contribution in [0.4, 0.5) is 4.79 Å². The summed E-state index contributed by atoms with van der Waals surface area (Å²) < 4.78 is 0. The number of carbonyl (C=O) groups excluding carboxylic acids is 1. The van der Waals surface area contributed by atoms with E-state index in [9.17, 15) is 0 Å². The van der Waals surface area contributed by atoms with Crippen LogP contribution in [-0.4, -0.2) is 51.8 Å². The van der Waals surface area contributed by atoms with Crippen LogP contribution in [0.1, 0.15) is 0 Å². The van der Waals surface area contributed by atoms with Crippen LogP contribution < -0.4 is 11.5 Å². The molecule has 0 radical (unpaired) electrons. The summed E-state index contributed by atoms with van der Waals surface area (Å²) in [6.07, 6.45) is -1.07. The van der Waals surface area contributed by atoms with Crippen LogP contribution >= 0.6 is 7.26 Å². The Morgan fingerprint density at radius 3 is 1.08 bits per heavy atom. The van der Waals surface area contributed by atoms with E-state index < -0.39 is 13.3 Å². The first-order valence-electron chi connectivity index (χ1n) is 3.46. The molecule has 0 heterocycles. The summed E-state index contributed by atoms with van der Waals surface area (Å²) in [6, 6.07) is -0.833. The quantitative estimate of drug-likeness (QED) is 0.288. The van der Waals surface area contributed by atoms with Gasteiger partial charge in [0.1, 0.15) is 0 Å². The number of aliphatic hydroxyl groups excluding tert-OH is 4. The maximum absolute atomic E-state index is 9.00. The summed E-state index contributed by atoms with van der Waals surface area (Å²) in [7, 11) is -2.47. The van der Waals surface area contributed by atoms with Crippen molar-refractivity contribution >= 4 is 13.3 Å². The predicted octanol–water partition coefficient (Wildman–Crippen LogP) is -2.44. The molecule has 0 rings (SSSR count). The molecule has 0 aliphatic heterocycles. The van der Waals surface area contributed by atoms with Crippen molar-refractivity contribution in [1.29, 1.82) is 0 Å². The van der Waals surface area contributed by atoms with Gasteiger partial charge in [-0.3, -0.25) is 0 Å². The van der Waals surface area contributed by atoms with E-state index in [-0.39, 0.29) is 25.4 Å². The monoisotopic (exact) mass is 216 g/mol. The number of hydrogen-bond donors (Lipinski definition) is 6. The van der Waals surface area contributed by atoms with E-state index in [0.717, 1.165) is 0 Å². The molecule has 7 nitrogen and oxygen atoms in total. The van der Waals surface area contributed by atoms with Gasteiger partial charge in [-0.25, -0.2) is 4.79 Å². The molecule has 0 saturated heterocycles. The van der Waals surface area contributed by atoms with Gasteiger partial charge in [0.05, 0.1) is 0 Å². The summed E-state index contributed by atoms with van der Waals surface area (Å²) in [5, 5.41) is 34.2. The summed E-state index contributed by atoms with van der Waals surface area (Å²) in [5.74, 6) is 0. The molecule has 0 aromatic heterocycles. The zero-order valence-corrected chi connectivity index (χ0v) is 8.18. The van der Waals surface area contributed by atoms with Gasteiger partial charge in [0.2, 0.25) is 0 Å². The molecule has 82 valence electrons. The molecule has 0 spiro atoms. The molecule has 13 heavy (non-hydrogen) atoms. The standard InChI is InChI=1S/C4H13O4P.CH4N2O/c5-1-9(2-6,3-7)4-8;2-1(3)4/h5-9H,1-4H2;(H4,2,3,4). The first-order valence-corrected chi connectivity index (χ1v) is 6.29. The summed E-state index contributed by atoms with van der Waals surface area (Å²) >= 11 is 0. The molecule has 2 amide bonds. The number of carbonyl (C=O) groups is 1. The van der Waals surface area contributed by atoms with Crippen molar-refractivity contribution in [2.75, 3.05) is 25.4 Å². The maximum atomic E-state index is 9.00. The minimum absolute atomic E-state index is 0.267. The average Bonchev–Trinajstić information content (AvgIpc) is 2.09. The van der Waals surface area contributed by atoms with Crippen molar-refractivity contribution in [1.82, 2.24) is 0 Å². The van der Waals surface area contributed by atoms with Gasteiger partial charge in [-0.1, -0.05) is 0 Å². The molecule has 8 heteroatoms. The Labute approximate surface area is 76.3 Å². The second-order valence-electron chi connectivity index (χ2n) is 2.53. The third-order valence-electron chi connectivity index (χ3n) is 1.34. The third kappa shape index (κ3) is 7.89. The van der Waals surface area contributed by atoms with E-state index in [1.165, 1.54) is 0 Å². The molecular formula is C5H17N2O5P. The van der Waals surface area contributed by atoms with Crippen LogP contribution in [0.25, 0.3) is 0 Å². The van der Waals surface area contributed by atoms with E-state index in [0.29, 0.717) is 0 Å². The van der Waals surface area contributed by atoms with Gasteiger partial charge < -0.3 is 11.5 Å². The Morgan fingerprint density at radius 1 is 0.923 bits per heavy atom. The summed E-state index contributed by atoms with van der Waals surface area (Å²) in [5.41, 5.74) is 8.50. The fourth-order valence-electron chi connectivity index (χ4n) is 0.300. The minimum atomic E-state index is -2.47. The number of amides is 2. The molecule has 0 unspecified atom stereocenters. The van der Waals surface area contributed by atoms with Crippen molar-refractivity contribution in [2.24, 2.45) is 11.5 Å². The van der Waals surface area contributed by atoms with Crippen LogP contribution in [0, 0.1) is 0 Å². The number of nitrogens with two attached hydrogens (primary N) is 2. The molecular weight excluding hydrogens is 199 g/mol. The number of urea groups is 1. The average molecular weight is 216 g/mol. The van der Waals surface area contributed by atoms with E-state index in [1.807, 2.05) is 0 Å². The third-order valence-corrected chi connectivity index (χ3v) is 4.02. The molecule has 0 fully saturated rings. The predicted molar refractivity (Wildman–Crippen MR) is 50.4 cm³/mol. The van der Waals surface area contributed by atoms with Crippen molar-refractivity contribution in [3.05, 3.63) is 0 Å². The number of rotatable bonds is 4. The second kappa shape index (κ2) is 8.15. The zero-order valence-electron chi connectivity index (χ0n) is 7.18. The van der Waals surface area contributed by atoms with E-state index in [1.54, 1.807) is 0 Å². The Bertz CT molecular complexity index is 119. The van der Waals surface area contributed by atoms with Crippen molar-refractivity contribution in [3.8, 4) is 0 Å². The van der Waals surface area contributed by atoms with Gasteiger partial charge in [-0.05, 0) is 0 Å². The van der Waals surface area contributed by atoms with Crippen LogP contribution in [0.3, 0.4) is 0 Å². The van der Waals surface area contributed by atoms with Gasteiger partial charge >= 0.3 is 59.1 Å². The number of hydrogen-bond acceptors (Lipinski definition) is 5. The second-order valence-corrected chi connectivity index (χ2v) is 6.80.